The van der Waals surface area contributed by atoms with Gasteiger partial charge in [-0.2, -0.15) is 0 Å². The Bertz CT molecular complexity index is 682. The Labute approximate surface area is 154 Å². The van der Waals surface area contributed by atoms with E-state index >= 15 is 0 Å². The Morgan fingerprint density at radius 3 is 2.64 bits per heavy atom. The molecule has 2 atom stereocenters. The molecule has 2 amide bonds. The molecule has 1 saturated heterocycles. The molecular formula is C16H18Cl2N2O5. The Balaban J connectivity index is 1.96. The minimum Gasteiger partial charge on any atom is -0.481 e. The molecule has 2 unspecified atom stereocenters. The number of halogens is 2. The number of carboxylic acid groups (broad SMARTS) is 1. The first-order valence-electron chi connectivity index (χ1n) is 7.59. The number of hydrogen-bond donors (Lipinski definition) is 2. The maximum Gasteiger partial charge on any atom is 0.305 e. The van der Waals surface area contributed by atoms with Crippen LogP contribution in [0.25, 0.3) is 0 Å². The van der Waals surface area contributed by atoms with Gasteiger partial charge in [0.2, 0.25) is 5.91 Å². The molecule has 0 radical (unpaired) electrons. The number of amides is 2. The summed E-state index contributed by atoms with van der Waals surface area (Å²) in [4.78, 5) is 36.9. The van der Waals surface area contributed by atoms with Gasteiger partial charge >= 0.3 is 5.97 Å². The van der Waals surface area contributed by atoms with Crippen LogP contribution in [0.2, 0.25) is 10.0 Å². The fraction of sp³-hybridized carbons (Fsp3) is 0.438. The summed E-state index contributed by atoms with van der Waals surface area (Å²) >= 11 is 11.7. The molecule has 9 heteroatoms. The molecule has 0 bridgehead atoms. The van der Waals surface area contributed by atoms with E-state index in [0.29, 0.717) is 18.0 Å². The van der Waals surface area contributed by atoms with E-state index in [1.807, 2.05) is 0 Å². The summed E-state index contributed by atoms with van der Waals surface area (Å²) in [5.41, 5.74) is 0.278. The van der Waals surface area contributed by atoms with Gasteiger partial charge in [-0.25, -0.2) is 0 Å². The van der Waals surface area contributed by atoms with Gasteiger partial charge in [0.25, 0.3) is 5.91 Å². The molecule has 25 heavy (non-hydrogen) atoms. The number of benzene rings is 1. The number of methoxy groups -OCH3 is 1. The van der Waals surface area contributed by atoms with Crippen LogP contribution in [-0.4, -0.2) is 60.1 Å². The molecule has 0 spiro atoms. The smallest absolute Gasteiger partial charge is 0.305 e. The van der Waals surface area contributed by atoms with Gasteiger partial charge in [-0.05, 0) is 24.6 Å². The van der Waals surface area contributed by atoms with Gasteiger partial charge < -0.3 is 20.1 Å². The Kier molecular flexibility index (Phi) is 6.64. The van der Waals surface area contributed by atoms with Gasteiger partial charge in [-0.1, -0.05) is 23.2 Å². The van der Waals surface area contributed by atoms with Crippen LogP contribution in [-0.2, 0) is 14.3 Å². The van der Waals surface area contributed by atoms with Crippen molar-refractivity contribution in [1.82, 2.24) is 10.2 Å². The monoisotopic (exact) mass is 388 g/mol. The Hall–Kier alpha value is -1.83. The predicted octanol–water partition coefficient (Wildman–Crippen LogP) is 1.81. The molecule has 2 N–H and O–H groups in total. The summed E-state index contributed by atoms with van der Waals surface area (Å²) < 4.78 is 5.22. The number of carboxylic acids is 1. The van der Waals surface area contributed by atoms with Crippen molar-refractivity contribution in [2.45, 2.75) is 25.0 Å². The van der Waals surface area contributed by atoms with Crippen LogP contribution in [0, 0.1) is 0 Å². The zero-order valence-electron chi connectivity index (χ0n) is 13.5. The lowest BCUT2D eigenvalue weighted by Gasteiger charge is -2.23. The van der Waals surface area contributed by atoms with E-state index in [4.69, 9.17) is 33.0 Å². The van der Waals surface area contributed by atoms with Crippen LogP contribution in [0.15, 0.2) is 18.2 Å². The molecule has 0 saturated carbocycles. The standard InChI is InChI=1S/C16H18Cl2N2O5/c1-25-11-5-10(6-15(22)23)20(8-11)14(21)7-19-16(24)9-2-3-12(17)13(18)4-9/h2-4,10-11H,5-8H2,1H3,(H,19,24)(H,22,23). The molecule has 1 fully saturated rings. The molecule has 136 valence electrons. The number of hydrogen-bond acceptors (Lipinski definition) is 4. The van der Waals surface area contributed by atoms with Gasteiger partial charge in [-0.15, -0.1) is 0 Å². The van der Waals surface area contributed by atoms with Crippen LogP contribution in [0.4, 0.5) is 0 Å². The number of nitrogens with zero attached hydrogens (tertiary/aromatic N) is 1. The van der Waals surface area contributed by atoms with E-state index in [-0.39, 0.29) is 35.6 Å². The highest BCUT2D eigenvalue weighted by molar-refractivity contribution is 6.42. The lowest BCUT2D eigenvalue weighted by molar-refractivity contribution is -0.139. The molecule has 0 aromatic heterocycles. The van der Waals surface area contributed by atoms with Crippen LogP contribution < -0.4 is 5.32 Å². The number of rotatable bonds is 6. The van der Waals surface area contributed by atoms with Gasteiger partial charge in [0.05, 0.1) is 29.1 Å². The van der Waals surface area contributed by atoms with Crippen molar-refractivity contribution in [3.05, 3.63) is 33.8 Å². The molecule has 1 aromatic rings. The zero-order chi connectivity index (χ0) is 18.6. The quantitative estimate of drug-likeness (QED) is 0.774. The average Bonchev–Trinajstić information content (AvgIpc) is 2.97. The van der Waals surface area contributed by atoms with E-state index in [0.717, 1.165) is 0 Å². The van der Waals surface area contributed by atoms with Gasteiger partial charge in [0.15, 0.2) is 0 Å². The second-order valence-electron chi connectivity index (χ2n) is 5.70. The van der Waals surface area contributed by atoms with Crippen molar-refractivity contribution < 1.29 is 24.2 Å². The van der Waals surface area contributed by atoms with Gasteiger partial charge in [0, 0.05) is 25.3 Å². The number of nitrogens with one attached hydrogen (secondary N) is 1. The lowest BCUT2D eigenvalue weighted by Crippen LogP contribution is -2.43. The summed E-state index contributed by atoms with van der Waals surface area (Å²) in [6, 6.07) is 3.95. The van der Waals surface area contributed by atoms with E-state index in [2.05, 4.69) is 5.32 Å². The van der Waals surface area contributed by atoms with Crippen LogP contribution in [0.5, 0.6) is 0 Å². The fourth-order valence-electron chi connectivity index (χ4n) is 2.74. The van der Waals surface area contributed by atoms with Gasteiger partial charge in [-0.3, -0.25) is 14.4 Å². The third-order valence-electron chi connectivity index (χ3n) is 4.02. The predicted molar refractivity (Wildman–Crippen MR) is 92.0 cm³/mol. The number of carbonyl (C=O) groups is 3. The Morgan fingerprint density at radius 2 is 2.04 bits per heavy atom. The summed E-state index contributed by atoms with van der Waals surface area (Å²) in [6.45, 7) is 0.0571. The number of ether oxygens (including phenoxy) is 1. The molecule has 2 rings (SSSR count). The van der Waals surface area contributed by atoms with E-state index < -0.39 is 17.9 Å². The third-order valence-corrected chi connectivity index (χ3v) is 4.76. The van der Waals surface area contributed by atoms with Crippen LogP contribution in [0.1, 0.15) is 23.2 Å². The van der Waals surface area contributed by atoms with Crippen LogP contribution >= 0.6 is 23.2 Å². The first-order chi connectivity index (χ1) is 11.8. The van der Waals surface area contributed by atoms with Crippen molar-refractivity contribution in [2.75, 3.05) is 20.2 Å². The van der Waals surface area contributed by atoms with E-state index in [1.54, 1.807) is 0 Å². The highest BCUT2D eigenvalue weighted by atomic mass is 35.5. The first kappa shape index (κ1) is 19.5. The Morgan fingerprint density at radius 1 is 1.32 bits per heavy atom. The summed E-state index contributed by atoms with van der Waals surface area (Å²) in [7, 11) is 1.52. The highest BCUT2D eigenvalue weighted by Crippen LogP contribution is 2.23. The number of aliphatic carboxylic acids is 1. The minimum atomic E-state index is -0.987. The molecule has 0 aliphatic carbocycles. The lowest BCUT2D eigenvalue weighted by atomic mass is 10.1. The van der Waals surface area contributed by atoms with E-state index in [9.17, 15) is 14.4 Å². The maximum atomic E-state index is 12.4. The molecule has 7 nitrogen and oxygen atoms in total. The second kappa shape index (κ2) is 8.51. The summed E-state index contributed by atoms with van der Waals surface area (Å²) in [5.74, 6) is -1.82. The van der Waals surface area contributed by atoms with Crippen molar-refractivity contribution in [3.63, 3.8) is 0 Å². The van der Waals surface area contributed by atoms with Gasteiger partial charge in [0.1, 0.15) is 0 Å². The molecular weight excluding hydrogens is 371 g/mol. The molecule has 1 aliphatic heterocycles. The van der Waals surface area contributed by atoms with E-state index in [1.165, 1.54) is 30.2 Å². The highest BCUT2D eigenvalue weighted by Gasteiger charge is 2.36. The molecule has 1 aromatic carbocycles. The van der Waals surface area contributed by atoms with Crippen molar-refractivity contribution >= 4 is 41.0 Å². The second-order valence-corrected chi connectivity index (χ2v) is 6.52. The normalized spacial score (nSPS) is 19.7. The maximum absolute atomic E-state index is 12.4. The zero-order valence-corrected chi connectivity index (χ0v) is 15.0. The third kappa shape index (κ3) is 5.07. The number of likely N-dealkylation sites (tertiary alicyclic amines) is 1. The summed E-state index contributed by atoms with van der Waals surface area (Å²) in [6.07, 6.45) is 0.0841. The molecule has 1 heterocycles. The average molecular weight is 389 g/mol. The number of carbonyl (C=O) groups excluding carboxylic acids is 2. The minimum absolute atomic E-state index is 0.160. The van der Waals surface area contributed by atoms with Crippen molar-refractivity contribution in [3.8, 4) is 0 Å². The van der Waals surface area contributed by atoms with Crippen LogP contribution in [0.3, 0.4) is 0 Å². The SMILES string of the molecule is COC1CC(CC(=O)O)N(C(=O)CNC(=O)c2ccc(Cl)c(Cl)c2)C1. The summed E-state index contributed by atoms with van der Waals surface area (Å²) in [5, 5.41) is 12.1. The molecule has 1 aliphatic rings. The van der Waals surface area contributed by atoms with Crippen molar-refractivity contribution in [1.29, 1.82) is 0 Å². The largest absolute Gasteiger partial charge is 0.481 e. The van der Waals surface area contributed by atoms with Crippen molar-refractivity contribution in [2.24, 2.45) is 0 Å². The topological polar surface area (TPSA) is 95.9 Å². The fourth-order valence-corrected chi connectivity index (χ4v) is 3.04. The first-order valence-corrected chi connectivity index (χ1v) is 8.34.